The van der Waals surface area contributed by atoms with Crippen LogP contribution in [0.3, 0.4) is 0 Å². The van der Waals surface area contributed by atoms with Crippen molar-refractivity contribution in [2.45, 2.75) is 25.0 Å². The van der Waals surface area contributed by atoms with Crippen molar-refractivity contribution in [1.82, 2.24) is 4.13 Å². The first-order valence-electron chi connectivity index (χ1n) is 4.33. The van der Waals surface area contributed by atoms with Gasteiger partial charge in [0.05, 0.1) is 5.75 Å². The standard InChI is InChI=1S/C6H11F2NO6S2/c1-2-3-4-16(12,13)9-17(14,15)6(7,8)5(10)11/h9H,2-4H2,1H3,(H,10,11). The van der Waals surface area contributed by atoms with E-state index in [1.165, 1.54) is 0 Å². The van der Waals surface area contributed by atoms with Crippen molar-refractivity contribution in [2.75, 3.05) is 5.75 Å². The molecule has 17 heavy (non-hydrogen) atoms. The summed E-state index contributed by atoms with van der Waals surface area (Å²) in [6, 6.07) is 0. The van der Waals surface area contributed by atoms with Crippen molar-refractivity contribution in [3.63, 3.8) is 0 Å². The molecule has 0 aromatic carbocycles. The van der Waals surface area contributed by atoms with Crippen molar-refractivity contribution in [1.29, 1.82) is 0 Å². The molecule has 11 heteroatoms. The fourth-order valence-corrected chi connectivity index (χ4v) is 3.70. The average molecular weight is 295 g/mol. The van der Waals surface area contributed by atoms with Crippen molar-refractivity contribution in [2.24, 2.45) is 0 Å². The highest BCUT2D eigenvalue weighted by Gasteiger charge is 2.54. The second-order valence-electron chi connectivity index (χ2n) is 3.08. The summed E-state index contributed by atoms with van der Waals surface area (Å²) in [6.45, 7) is 1.61. The quantitative estimate of drug-likeness (QED) is 0.666. The highest BCUT2D eigenvalue weighted by Crippen LogP contribution is 2.21. The van der Waals surface area contributed by atoms with Gasteiger partial charge < -0.3 is 5.11 Å². The Labute approximate surface area is 96.9 Å². The van der Waals surface area contributed by atoms with Gasteiger partial charge >= 0.3 is 21.2 Å². The molecule has 0 saturated carbocycles. The zero-order chi connectivity index (χ0) is 13.9. The lowest BCUT2D eigenvalue weighted by Crippen LogP contribution is -2.47. The van der Waals surface area contributed by atoms with Crippen LogP contribution in [0.1, 0.15) is 19.8 Å². The molecule has 102 valence electrons. The molecule has 0 atom stereocenters. The highest BCUT2D eigenvalue weighted by molar-refractivity contribution is 8.05. The smallest absolute Gasteiger partial charge is 0.455 e. The lowest BCUT2D eigenvalue weighted by Gasteiger charge is -2.13. The molecule has 0 unspecified atom stereocenters. The molecule has 0 aliphatic heterocycles. The van der Waals surface area contributed by atoms with E-state index >= 15 is 0 Å². The number of carbonyl (C=O) groups is 1. The number of alkyl halides is 2. The van der Waals surface area contributed by atoms with E-state index in [2.05, 4.69) is 0 Å². The van der Waals surface area contributed by atoms with Gasteiger partial charge in [0.25, 0.3) is 0 Å². The fourth-order valence-electron chi connectivity index (χ4n) is 0.710. The molecule has 0 fully saturated rings. The number of carboxylic acid groups (broad SMARTS) is 1. The Hall–Kier alpha value is -0.810. The number of carboxylic acids is 1. The third-order valence-electron chi connectivity index (χ3n) is 1.59. The first-order chi connectivity index (χ1) is 7.46. The van der Waals surface area contributed by atoms with Crippen molar-refractivity contribution in [3.05, 3.63) is 0 Å². The number of hydrogen-bond acceptors (Lipinski definition) is 5. The predicted molar refractivity (Wildman–Crippen MR) is 53.3 cm³/mol. The first-order valence-corrected chi connectivity index (χ1v) is 7.47. The Bertz CT molecular complexity index is 483. The van der Waals surface area contributed by atoms with Crippen molar-refractivity contribution in [3.8, 4) is 0 Å². The zero-order valence-corrected chi connectivity index (χ0v) is 10.3. The van der Waals surface area contributed by atoms with E-state index < -0.39 is 37.0 Å². The number of halogens is 2. The summed E-state index contributed by atoms with van der Waals surface area (Å²) in [5.41, 5.74) is 0. The molecule has 0 aliphatic carbocycles. The van der Waals surface area contributed by atoms with E-state index in [0.717, 1.165) is 0 Å². The zero-order valence-electron chi connectivity index (χ0n) is 8.68. The maximum absolute atomic E-state index is 12.7. The second-order valence-corrected chi connectivity index (χ2v) is 6.91. The van der Waals surface area contributed by atoms with Crippen LogP contribution in [-0.2, 0) is 24.8 Å². The number of nitrogens with one attached hydrogen (secondary N) is 1. The fraction of sp³-hybridized carbons (Fsp3) is 0.833. The second kappa shape index (κ2) is 5.23. The van der Waals surface area contributed by atoms with E-state index in [1.807, 2.05) is 0 Å². The van der Waals surface area contributed by atoms with E-state index in [9.17, 15) is 30.4 Å². The molecule has 0 aliphatic rings. The maximum atomic E-state index is 12.7. The number of hydrogen-bond donors (Lipinski definition) is 2. The van der Waals surface area contributed by atoms with Crippen LogP contribution in [0.25, 0.3) is 0 Å². The van der Waals surface area contributed by atoms with Gasteiger partial charge in [-0.05, 0) is 6.42 Å². The Balaban J connectivity index is 5.09. The Kier molecular flexibility index (Phi) is 4.98. The molecule has 0 aromatic heterocycles. The van der Waals surface area contributed by atoms with Gasteiger partial charge in [0, 0.05) is 0 Å². The summed E-state index contributed by atoms with van der Waals surface area (Å²) in [4.78, 5) is 10.0. The van der Waals surface area contributed by atoms with Gasteiger partial charge in [-0.2, -0.15) is 8.78 Å². The monoisotopic (exact) mass is 295 g/mol. The Morgan fingerprint density at radius 1 is 1.29 bits per heavy atom. The predicted octanol–water partition coefficient (Wildman–Crippen LogP) is -0.287. The van der Waals surface area contributed by atoms with Crippen LogP contribution >= 0.6 is 0 Å². The molecule has 0 rings (SSSR count). The SMILES string of the molecule is CCCCS(=O)(=O)NS(=O)(=O)C(F)(F)C(=O)O. The summed E-state index contributed by atoms with van der Waals surface area (Å²) in [7, 11) is -10.3. The summed E-state index contributed by atoms with van der Waals surface area (Å²) in [5.74, 6) is -3.63. The first kappa shape index (κ1) is 16.2. The number of sulfonamides is 2. The molecule has 0 heterocycles. The molecule has 0 radical (unpaired) electrons. The largest absolute Gasteiger partial charge is 0.476 e. The molecule has 0 amide bonds. The van der Waals surface area contributed by atoms with Crippen molar-refractivity contribution < 1.29 is 35.5 Å². The van der Waals surface area contributed by atoms with Crippen LogP contribution in [0.2, 0.25) is 0 Å². The number of unbranched alkanes of at least 4 members (excludes halogenated alkanes) is 1. The van der Waals surface area contributed by atoms with Gasteiger partial charge in [-0.15, -0.1) is 4.13 Å². The minimum atomic E-state index is -5.82. The molecule has 0 spiro atoms. The molecular formula is C6H11F2NO6S2. The molecule has 7 nitrogen and oxygen atoms in total. The topological polar surface area (TPSA) is 118 Å². The summed E-state index contributed by atoms with van der Waals surface area (Å²) in [5, 5.41) is 2.78. The lowest BCUT2D eigenvalue weighted by molar-refractivity contribution is -0.153. The van der Waals surface area contributed by atoms with Crippen LogP contribution < -0.4 is 4.13 Å². The van der Waals surface area contributed by atoms with Gasteiger partial charge in [-0.25, -0.2) is 21.6 Å². The normalized spacial score (nSPS) is 13.6. The van der Waals surface area contributed by atoms with Crippen LogP contribution in [0.15, 0.2) is 0 Å². The van der Waals surface area contributed by atoms with Crippen LogP contribution in [0.5, 0.6) is 0 Å². The molecule has 0 saturated heterocycles. The number of rotatable bonds is 7. The van der Waals surface area contributed by atoms with E-state index in [4.69, 9.17) is 5.11 Å². The summed E-state index contributed by atoms with van der Waals surface area (Å²) >= 11 is 0. The lowest BCUT2D eigenvalue weighted by atomic mass is 10.4. The molecule has 2 N–H and O–H groups in total. The van der Waals surface area contributed by atoms with Crippen LogP contribution in [-0.4, -0.2) is 38.9 Å². The third kappa shape index (κ3) is 4.16. The molecular weight excluding hydrogens is 284 g/mol. The Morgan fingerprint density at radius 2 is 1.76 bits per heavy atom. The van der Waals surface area contributed by atoms with Gasteiger partial charge in [-0.1, -0.05) is 13.3 Å². The summed E-state index contributed by atoms with van der Waals surface area (Å²) < 4.78 is 69.8. The minimum absolute atomic E-state index is 0.0590. The van der Waals surface area contributed by atoms with Gasteiger partial charge in [0.1, 0.15) is 0 Å². The van der Waals surface area contributed by atoms with E-state index in [-0.39, 0.29) is 6.42 Å². The minimum Gasteiger partial charge on any atom is -0.476 e. The number of aliphatic carboxylic acids is 1. The van der Waals surface area contributed by atoms with Crippen molar-refractivity contribution >= 4 is 26.0 Å². The third-order valence-corrected chi connectivity index (χ3v) is 5.16. The van der Waals surface area contributed by atoms with E-state index in [1.54, 1.807) is 6.92 Å². The van der Waals surface area contributed by atoms with Gasteiger partial charge in [-0.3, -0.25) is 0 Å². The maximum Gasteiger partial charge on any atom is 0.455 e. The summed E-state index contributed by atoms with van der Waals surface area (Å²) in [6.07, 6.45) is 0.458. The van der Waals surface area contributed by atoms with Gasteiger partial charge in [0.15, 0.2) is 0 Å². The molecule has 0 aromatic rings. The average Bonchev–Trinajstić information content (AvgIpc) is 2.12. The Morgan fingerprint density at radius 3 is 2.12 bits per heavy atom. The van der Waals surface area contributed by atoms with Gasteiger partial charge in [0.2, 0.25) is 10.0 Å². The van der Waals surface area contributed by atoms with Crippen LogP contribution in [0, 0.1) is 0 Å². The highest BCUT2D eigenvalue weighted by atomic mass is 32.3. The molecule has 0 bridgehead atoms. The van der Waals surface area contributed by atoms with Crippen LogP contribution in [0.4, 0.5) is 8.78 Å². The van der Waals surface area contributed by atoms with E-state index in [0.29, 0.717) is 10.5 Å².